The minimum Gasteiger partial charge on any atom is -0.464 e. The Morgan fingerprint density at radius 1 is 1.39 bits per heavy atom. The molecule has 0 spiro atoms. The number of carbonyl (C=O) groups excluding carboxylic acids is 3. The van der Waals surface area contributed by atoms with Crippen molar-refractivity contribution in [2.75, 3.05) is 13.2 Å². The molecule has 0 aromatic heterocycles. The van der Waals surface area contributed by atoms with E-state index in [4.69, 9.17) is 4.74 Å². The quantitative estimate of drug-likeness (QED) is 0.560. The molecule has 1 heterocycles. The molecule has 1 aliphatic carbocycles. The fourth-order valence-electron chi connectivity index (χ4n) is 2.58. The van der Waals surface area contributed by atoms with E-state index in [-0.39, 0.29) is 19.2 Å². The summed E-state index contributed by atoms with van der Waals surface area (Å²) in [7, 11) is 0. The van der Waals surface area contributed by atoms with Crippen molar-refractivity contribution < 1.29 is 19.1 Å². The monoisotopic (exact) mass is 254 g/mol. The second-order valence-corrected chi connectivity index (χ2v) is 4.67. The van der Waals surface area contributed by atoms with Crippen LogP contribution in [0.2, 0.25) is 0 Å². The molecular weight excluding hydrogens is 236 g/mol. The smallest absolute Gasteiger partial charge is 0.330 e. The van der Waals surface area contributed by atoms with Gasteiger partial charge < -0.3 is 15.0 Å². The highest BCUT2D eigenvalue weighted by molar-refractivity contribution is 6.36. The summed E-state index contributed by atoms with van der Waals surface area (Å²) in [5.41, 5.74) is 0. The SMILES string of the molecule is CCOC(=O)[C@H]1CN(C2CCCC2)C(=O)C(=O)N1. The lowest BCUT2D eigenvalue weighted by Crippen LogP contribution is -2.62. The van der Waals surface area contributed by atoms with E-state index in [2.05, 4.69) is 5.32 Å². The molecule has 1 atom stereocenters. The lowest BCUT2D eigenvalue weighted by atomic mass is 10.1. The average Bonchev–Trinajstić information content (AvgIpc) is 2.86. The molecule has 1 saturated carbocycles. The first-order valence-corrected chi connectivity index (χ1v) is 6.41. The number of amides is 2. The van der Waals surface area contributed by atoms with Crippen LogP contribution in [0.15, 0.2) is 0 Å². The number of rotatable bonds is 3. The third-order valence-corrected chi connectivity index (χ3v) is 3.48. The number of nitrogens with zero attached hydrogens (tertiary/aromatic N) is 1. The van der Waals surface area contributed by atoms with E-state index in [0.29, 0.717) is 0 Å². The summed E-state index contributed by atoms with van der Waals surface area (Å²) in [6.07, 6.45) is 3.96. The Morgan fingerprint density at radius 3 is 2.67 bits per heavy atom. The Hall–Kier alpha value is -1.59. The maximum Gasteiger partial charge on any atom is 0.330 e. The van der Waals surface area contributed by atoms with Gasteiger partial charge in [-0.1, -0.05) is 12.8 Å². The lowest BCUT2D eigenvalue weighted by Gasteiger charge is -2.35. The van der Waals surface area contributed by atoms with Gasteiger partial charge in [0.25, 0.3) is 0 Å². The first-order valence-electron chi connectivity index (χ1n) is 6.41. The molecule has 18 heavy (non-hydrogen) atoms. The molecule has 0 radical (unpaired) electrons. The van der Waals surface area contributed by atoms with Gasteiger partial charge in [-0.3, -0.25) is 9.59 Å². The van der Waals surface area contributed by atoms with Crippen LogP contribution in [0.4, 0.5) is 0 Å². The molecule has 1 N–H and O–H groups in total. The third-order valence-electron chi connectivity index (χ3n) is 3.48. The zero-order valence-electron chi connectivity index (χ0n) is 10.5. The molecule has 1 saturated heterocycles. The summed E-state index contributed by atoms with van der Waals surface area (Å²) in [6.45, 7) is 2.21. The van der Waals surface area contributed by atoms with Gasteiger partial charge in [0.15, 0.2) is 0 Å². The van der Waals surface area contributed by atoms with Gasteiger partial charge >= 0.3 is 17.8 Å². The van der Waals surface area contributed by atoms with E-state index in [1.165, 1.54) is 4.90 Å². The van der Waals surface area contributed by atoms with E-state index in [9.17, 15) is 14.4 Å². The normalized spacial score (nSPS) is 25.2. The highest BCUT2D eigenvalue weighted by Crippen LogP contribution is 2.24. The Kier molecular flexibility index (Phi) is 3.84. The summed E-state index contributed by atoms with van der Waals surface area (Å²) in [6, 6.07) is -0.628. The maximum absolute atomic E-state index is 11.8. The first-order chi connectivity index (χ1) is 8.63. The Morgan fingerprint density at radius 2 is 2.06 bits per heavy atom. The van der Waals surface area contributed by atoms with Crippen LogP contribution in [0.1, 0.15) is 32.6 Å². The van der Waals surface area contributed by atoms with Crippen molar-refractivity contribution in [2.24, 2.45) is 0 Å². The van der Waals surface area contributed by atoms with Crippen LogP contribution in [-0.4, -0.2) is 47.9 Å². The number of piperazine rings is 1. The predicted molar refractivity (Wildman–Crippen MR) is 62.5 cm³/mol. The van der Waals surface area contributed by atoms with Crippen molar-refractivity contribution in [1.29, 1.82) is 0 Å². The molecule has 2 rings (SSSR count). The second-order valence-electron chi connectivity index (χ2n) is 4.67. The van der Waals surface area contributed by atoms with Gasteiger partial charge in [-0.05, 0) is 19.8 Å². The van der Waals surface area contributed by atoms with Gasteiger partial charge in [0, 0.05) is 6.04 Å². The highest BCUT2D eigenvalue weighted by Gasteiger charge is 2.40. The van der Waals surface area contributed by atoms with Gasteiger partial charge in [-0.2, -0.15) is 0 Å². The molecule has 2 aliphatic rings. The van der Waals surface area contributed by atoms with Crippen LogP contribution in [0.5, 0.6) is 0 Å². The predicted octanol–water partition coefficient (Wildman–Crippen LogP) is -0.181. The van der Waals surface area contributed by atoms with Crippen LogP contribution in [0.3, 0.4) is 0 Å². The van der Waals surface area contributed by atoms with Crippen molar-refractivity contribution in [3.8, 4) is 0 Å². The maximum atomic E-state index is 11.8. The van der Waals surface area contributed by atoms with Crippen molar-refractivity contribution in [1.82, 2.24) is 10.2 Å². The van der Waals surface area contributed by atoms with E-state index in [0.717, 1.165) is 25.7 Å². The minimum absolute atomic E-state index is 0.0977. The number of ether oxygens (including phenoxy) is 1. The van der Waals surface area contributed by atoms with Crippen LogP contribution in [-0.2, 0) is 19.1 Å². The lowest BCUT2D eigenvalue weighted by molar-refractivity contribution is -0.157. The average molecular weight is 254 g/mol. The number of hydrogen-bond donors (Lipinski definition) is 1. The molecule has 2 fully saturated rings. The first kappa shape index (κ1) is 12.9. The van der Waals surface area contributed by atoms with Crippen molar-refractivity contribution >= 4 is 17.8 Å². The van der Waals surface area contributed by atoms with E-state index >= 15 is 0 Å². The number of carbonyl (C=O) groups is 3. The van der Waals surface area contributed by atoms with Gasteiger partial charge in [0.2, 0.25) is 0 Å². The van der Waals surface area contributed by atoms with Crippen molar-refractivity contribution in [3.05, 3.63) is 0 Å². The van der Waals surface area contributed by atoms with Crippen LogP contribution >= 0.6 is 0 Å². The summed E-state index contributed by atoms with van der Waals surface area (Å²) < 4.78 is 4.88. The molecule has 6 nitrogen and oxygen atoms in total. The Labute approximate surface area is 106 Å². The van der Waals surface area contributed by atoms with Gasteiger partial charge in [0.05, 0.1) is 13.2 Å². The summed E-state index contributed by atoms with van der Waals surface area (Å²) in [4.78, 5) is 36.5. The molecular formula is C12H18N2O4. The van der Waals surface area contributed by atoms with Crippen LogP contribution < -0.4 is 5.32 Å². The number of hydrogen-bond acceptors (Lipinski definition) is 4. The summed E-state index contributed by atoms with van der Waals surface area (Å²) >= 11 is 0. The standard InChI is InChI=1S/C12H18N2O4/c1-2-18-12(17)9-7-14(8-5-3-4-6-8)11(16)10(15)13-9/h8-9H,2-7H2,1H3,(H,13,15)/t9-/m1/s1. The number of nitrogens with one attached hydrogen (secondary N) is 1. The fourth-order valence-corrected chi connectivity index (χ4v) is 2.58. The zero-order valence-corrected chi connectivity index (χ0v) is 10.5. The topological polar surface area (TPSA) is 75.7 Å². The molecule has 6 heteroatoms. The summed E-state index contributed by atoms with van der Waals surface area (Å²) in [5, 5.41) is 2.40. The third kappa shape index (κ3) is 2.47. The summed E-state index contributed by atoms with van der Waals surface area (Å²) in [5.74, 6) is -1.70. The van der Waals surface area contributed by atoms with Crippen molar-refractivity contribution in [3.63, 3.8) is 0 Å². The molecule has 0 aromatic carbocycles. The minimum atomic E-state index is -0.726. The fraction of sp³-hybridized carbons (Fsp3) is 0.750. The van der Waals surface area contributed by atoms with Crippen molar-refractivity contribution in [2.45, 2.75) is 44.7 Å². The number of esters is 1. The molecule has 2 amide bonds. The second kappa shape index (κ2) is 5.37. The Balaban J connectivity index is 2.06. The van der Waals surface area contributed by atoms with Gasteiger partial charge in [-0.15, -0.1) is 0 Å². The zero-order chi connectivity index (χ0) is 13.1. The highest BCUT2D eigenvalue weighted by atomic mass is 16.5. The largest absolute Gasteiger partial charge is 0.464 e. The van der Waals surface area contributed by atoms with Gasteiger partial charge in [-0.25, -0.2) is 4.79 Å². The Bertz CT molecular complexity index is 363. The van der Waals surface area contributed by atoms with E-state index < -0.39 is 23.8 Å². The van der Waals surface area contributed by atoms with Crippen LogP contribution in [0, 0.1) is 0 Å². The van der Waals surface area contributed by atoms with Crippen LogP contribution in [0.25, 0.3) is 0 Å². The molecule has 1 aliphatic heterocycles. The van der Waals surface area contributed by atoms with E-state index in [1.807, 2.05) is 0 Å². The molecule has 0 bridgehead atoms. The molecule has 0 aromatic rings. The van der Waals surface area contributed by atoms with Gasteiger partial charge in [0.1, 0.15) is 6.04 Å². The molecule has 0 unspecified atom stereocenters. The van der Waals surface area contributed by atoms with E-state index in [1.54, 1.807) is 6.92 Å². The molecule has 100 valence electrons.